The SMILES string of the molecule is CCc1cc(NC(=O)Nc2cccc(C)c2)ccc1Oc1ccccc1. The summed E-state index contributed by atoms with van der Waals surface area (Å²) in [6, 6.07) is 22.7. The molecule has 0 aromatic heterocycles. The average molecular weight is 346 g/mol. The first-order chi connectivity index (χ1) is 12.6. The molecule has 3 aromatic carbocycles. The third-order valence-corrected chi connectivity index (χ3v) is 3.95. The number of rotatable bonds is 5. The molecule has 132 valence electrons. The largest absolute Gasteiger partial charge is 0.457 e. The van der Waals surface area contributed by atoms with Gasteiger partial charge in [0.1, 0.15) is 11.5 Å². The van der Waals surface area contributed by atoms with E-state index >= 15 is 0 Å². The van der Waals surface area contributed by atoms with Crippen LogP contribution in [0, 0.1) is 6.92 Å². The third kappa shape index (κ3) is 4.63. The minimum absolute atomic E-state index is 0.269. The van der Waals surface area contributed by atoms with Gasteiger partial charge in [0.05, 0.1) is 0 Å². The molecular weight excluding hydrogens is 324 g/mol. The molecule has 0 fully saturated rings. The molecule has 3 aromatic rings. The number of carbonyl (C=O) groups excluding carboxylic acids is 1. The highest BCUT2D eigenvalue weighted by Crippen LogP contribution is 2.28. The number of para-hydroxylation sites is 1. The second kappa shape index (κ2) is 8.21. The molecule has 4 heteroatoms. The number of benzene rings is 3. The quantitative estimate of drug-likeness (QED) is 0.596. The molecular formula is C22H22N2O2. The van der Waals surface area contributed by atoms with Crippen LogP contribution in [0.5, 0.6) is 11.5 Å². The minimum atomic E-state index is -0.269. The van der Waals surface area contributed by atoms with Crippen molar-refractivity contribution in [3.63, 3.8) is 0 Å². The van der Waals surface area contributed by atoms with Crippen LogP contribution >= 0.6 is 0 Å². The van der Waals surface area contributed by atoms with Crippen LogP contribution in [0.2, 0.25) is 0 Å². The van der Waals surface area contributed by atoms with Crippen LogP contribution in [-0.4, -0.2) is 6.03 Å². The standard InChI is InChI=1S/C22H22N2O2/c1-3-17-15-19(12-13-21(17)26-20-10-5-4-6-11-20)24-22(25)23-18-9-7-8-16(2)14-18/h4-15H,3H2,1-2H3,(H2,23,24,25). The Hall–Kier alpha value is -3.27. The number of hydrogen-bond donors (Lipinski definition) is 2. The lowest BCUT2D eigenvalue weighted by molar-refractivity contribution is 0.262. The van der Waals surface area contributed by atoms with E-state index in [2.05, 4.69) is 17.6 Å². The van der Waals surface area contributed by atoms with Crippen LogP contribution in [0.15, 0.2) is 72.8 Å². The molecule has 0 saturated heterocycles. The Morgan fingerprint density at radius 1 is 0.885 bits per heavy atom. The molecule has 0 saturated carbocycles. The number of amides is 2. The van der Waals surface area contributed by atoms with Crippen molar-refractivity contribution in [2.24, 2.45) is 0 Å². The van der Waals surface area contributed by atoms with Crippen molar-refractivity contribution >= 4 is 17.4 Å². The highest BCUT2D eigenvalue weighted by atomic mass is 16.5. The fraction of sp³-hybridized carbons (Fsp3) is 0.136. The number of carbonyl (C=O) groups is 1. The third-order valence-electron chi connectivity index (χ3n) is 3.95. The maximum Gasteiger partial charge on any atom is 0.323 e. The van der Waals surface area contributed by atoms with Crippen molar-refractivity contribution < 1.29 is 9.53 Å². The van der Waals surface area contributed by atoms with E-state index in [4.69, 9.17) is 4.74 Å². The summed E-state index contributed by atoms with van der Waals surface area (Å²) in [5.74, 6) is 1.59. The van der Waals surface area contributed by atoms with Gasteiger partial charge in [-0.3, -0.25) is 0 Å². The van der Waals surface area contributed by atoms with Crippen LogP contribution in [0.4, 0.5) is 16.2 Å². The molecule has 0 aliphatic heterocycles. The second-order valence-electron chi connectivity index (χ2n) is 6.04. The van der Waals surface area contributed by atoms with Crippen LogP contribution < -0.4 is 15.4 Å². The molecule has 0 radical (unpaired) electrons. The highest BCUT2D eigenvalue weighted by molar-refractivity contribution is 5.99. The van der Waals surface area contributed by atoms with Crippen molar-refractivity contribution in [3.8, 4) is 11.5 Å². The van der Waals surface area contributed by atoms with Gasteiger partial charge in [-0.05, 0) is 66.9 Å². The Morgan fingerprint density at radius 2 is 1.62 bits per heavy atom. The summed E-state index contributed by atoms with van der Waals surface area (Å²) < 4.78 is 5.94. The fourth-order valence-electron chi connectivity index (χ4n) is 2.66. The molecule has 0 aliphatic rings. The monoisotopic (exact) mass is 346 g/mol. The van der Waals surface area contributed by atoms with Crippen LogP contribution in [0.1, 0.15) is 18.1 Å². The van der Waals surface area contributed by atoms with Gasteiger partial charge in [0, 0.05) is 11.4 Å². The number of aryl methyl sites for hydroxylation is 2. The fourth-order valence-corrected chi connectivity index (χ4v) is 2.66. The smallest absolute Gasteiger partial charge is 0.323 e. The number of nitrogens with one attached hydrogen (secondary N) is 2. The first-order valence-electron chi connectivity index (χ1n) is 8.64. The molecule has 0 atom stereocenters. The topological polar surface area (TPSA) is 50.4 Å². The van der Waals surface area contributed by atoms with Gasteiger partial charge >= 0.3 is 6.03 Å². The molecule has 26 heavy (non-hydrogen) atoms. The predicted molar refractivity (Wildman–Crippen MR) is 106 cm³/mol. The maximum atomic E-state index is 12.2. The summed E-state index contributed by atoms with van der Waals surface area (Å²) in [4.78, 5) is 12.2. The van der Waals surface area contributed by atoms with E-state index in [1.807, 2.05) is 79.7 Å². The molecule has 0 aliphatic carbocycles. The Morgan fingerprint density at radius 3 is 2.31 bits per heavy atom. The summed E-state index contributed by atoms with van der Waals surface area (Å²) in [6.45, 7) is 4.05. The molecule has 2 amide bonds. The number of ether oxygens (including phenoxy) is 1. The van der Waals surface area contributed by atoms with Gasteiger partial charge < -0.3 is 15.4 Å². The molecule has 4 nitrogen and oxygen atoms in total. The zero-order valence-electron chi connectivity index (χ0n) is 15.0. The van der Waals surface area contributed by atoms with Crippen molar-refractivity contribution in [2.45, 2.75) is 20.3 Å². The molecule has 2 N–H and O–H groups in total. The normalized spacial score (nSPS) is 10.2. The summed E-state index contributed by atoms with van der Waals surface area (Å²) in [6.07, 6.45) is 0.803. The van der Waals surface area contributed by atoms with E-state index in [0.717, 1.165) is 40.4 Å². The van der Waals surface area contributed by atoms with E-state index in [9.17, 15) is 4.79 Å². The zero-order valence-corrected chi connectivity index (χ0v) is 15.0. The minimum Gasteiger partial charge on any atom is -0.457 e. The van der Waals surface area contributed by atoms with Gasteiger partial charge in [0.15, 0.2) is 0 Å². The Balaban J connectivity index is 1.69. The van der Waals surface area contributed by atoms with Gasteiger partial charge in [-0.15, -0.1) is 0 Å². The van der Waals surface area contributed by atoms with Crippen molar-refractivity contribution in [1.82, 2.24) is 0 Å². The molecule has 0 bridgehead atoms. The first-order valence-corrected chi connectivity index (χ1v) is 8.64. The Bertz CT molecular complexity index is 892. The highest BCUT2D eigenvalue weighted by Gasteiger charge is 2.08. The Kier molecular flexibility index (Phi) is 5.54. The van der Waals surface area contributed by atoms with E-state index in [1.54, 1.807) is 0 Å². The second-order valence-corrected chi connectivity index (χ2v) is 6.04. The lowest BCUT2D eigenvalue weighted by Crippen LogP contribution is -2.19. The number of urea groups is 1. The van der Waals surface area contributed by atoms with Crippen molar-refractivity contribution in [2.75, 3.05) is 10.6 Å². The number of anilines is 2. The predicted octanol–water partition coefficient (Wildman–Crippen LogP) is 5.99. The lowest BCUT2D eigenvalue weighted by atomic mass is 10.1. The van der Waals surface area contributed by atoms with Crippen LogP contribution in [0.25, 0.3) is 0 Å². The van der Waals surface area contributed by atoms with Gasteiger partial charge in [0.2, 0.25) is 0 Å². The maximum absolute atomic E-state index is 12.2. The van der Waals surface area contributed by atoms with E-state index in [1.165, 1.54) is 0 Å². The van der Waals surface area contributed by atoms with Crippen molar-refractivity contribution in [3.05, 3.63) is 83.9 Å². The van der Waals surface area contributed by atoms with Gasteiger partial charge in [-0.2, -0.15) is 0 Å². The summed E-state index contributed by atoms with van der Waals surface area (Å²) >= 11 is 0. The van der Waals surface area contributed by atoms with Gasteiger partial charge in [-0.25, -0.2) is 4.79 Å². The summed E-state index contributed by atoms with van der Waals surface area (Å²) in [5.41, 5.74) is 3.62. The van der Waals surface area contributed by atoms with Crippen molar-refractivity contribution in [1.29, 1.82) is 0 Å². The summed E-state index contributed by atoms with van der Waals surface area (Å²) in [5, 5.41) is 5.71. The van der Waals surface area contributed by atoms with E-state index in [0.29, 0.717) is 0 Å². The molecule has 0 unspecified atom stereocenters. The lowest BCUT2D eigenvalue weighted by Gasteiger charge is -2.13. The molecule has 3 rings (SSSR count). The summed E-state index contributed by atoms with van der Waals surface area (Å²) in [7, 11) is 0. The molecule has 0 heterocycles. The van der Waals surface area contributed by atoms with Gasteiger partial charge in [0.25, 0.3) is 0 Å². The van der Waals surface area contributed by atoms with E-state index < -0.39 is 0 Å². The average Bonchev–Trinajstić information content (AvgIpc) is 2.63. The van der Waals surface area contributed by atoms with Gasteiger partial charge in [-0.1, -0.05) is 37.3 Å². The zero-order chi connectivity index (χ0) is 18.4. The molecule has 0 spiro atoms. The van der Waals surface area contributed by atoms with Crippen LogP contribution in [-0.2, 0) is 6.42 Å². The number of hydrogen-bond acceptors (Lipinski definition) is 2. The van der Waals surface area contributed by atoms with Crippen LogP contribution in [0.3, 0.4) is 0 Å². The van der Waals surface area contributed by atoms with E-state index in [-0.39, 0.29) is 6.03 Å². The first kappa shape index (κ1) is 17.5. The Labute approximate surface area is 153 Å².